The highest BCUT2D eigenvalue weighted by molar-refractivity contribution is 5.71. The quantitative estimate of drug-likeness (QED) is 0.167. The molecule has 4 nitrogen and oxygen atoms in total. The molecule has 5 fully saturated rings. The molecule has 194 valence electrons. The lowest BCUT2D eigenvalue weighted by Gasteiger charge is -2.61. The Morgan fingerprint density at radius 1 is 1.26 bits per heavy atom. The van der Waals surface area contributed by atoms with Gasteiger partial charge < -0.3 is 9.47 Å². The monoisotopic (exact) mass is 482 g/mol. The lowest BCUT2D eigenvalue weighted by molar-refractivity contribution is -0.149. The van der Waals surface area contributed by atoms with Gasteiger partial charge in [-0.15, -0.1) is 0 Å². The molecule has 1 heterocycles. The standard InChI is InChI=1S/C31H46O4/c1-20(17-32)8-7-9-21(2)23-10-12-29(5)25-16-24-27(22(3)18-35-24)31(13-11-26(33)34-6)19-30(25,31)15-14-28(23,29)4/h8,17,21,23-25,27H,3,7,9-16,18-19H2,1-2,4-6H3/b20-8+/t21-,23-,24-,25+,27?,28-,29+,30+,31-/m1/s1. The van der Waals surface area contributed by atoms with E-state index in [-0.39, 0.29) is 17.5 Å². The van der Waals surface area contributed by atoms with Crippen LogP contribution in [0.5, 0.6) is 0 Å². The van der Waals surface area contributed by atoms with Crippen LogP contribution in [0.4, 0.5) is 0 Å². The molecule has 1 spiro atoms. The number of allylic oxidation sites excluding steroid dienone is 2. The molecule has 4 saturated carbocycles. The van der Waals surface area contributed by atoms with Crippen LogP contribution in [0.15, 0.2) is 23.8 Å². The summed E-state index contributed by atoms with van der Waals surface area (Å²) in [5.41, 5.74) is 3.29. The van der Waals surface area contributed by atoms with Gasteiger partial charge in [-0.05, 0) is 115 Å². The molecule has 0 aromatic heterocycles. The zero-order valence-electron chi connectivity index (χ0n) is 22.7. The number of aldehydes is 1. The summed E-state index contributed by atoms with van der Waals surface area (Å²) in [5.74, 6) is 2.39. The average molecular weight is 483 g/mol. The maximum absolute atomic E-state index is 12.2. The van der Waals surface area contributed by atoms with Crippen molar-refractivity contribution in [3.05, 3.63) is 23.8 Å². The summed E-state index contributed by atoms with van der Waals surface area (Å²) in [6.07, 6.45) is 14.6. The Kier molecular flexibility index (Phi) is 6.18. The molecule has 4 heteroatoms. The van der Waals surface area contributed by atoms with Crippen LogP contribution < -0.4 is 0 Å². The molecule has 1 aliphatic heterocycles. The van der Waals surface area contributed by atoms with Crippen molar-refractivity contribution in [1.29, 1.82) is 0 Å². The Labute approximate surface area is 212 Å². The number of esters is 1. The summed E-state index contributed by atoms with van der Waals surface area (Å²) in [6, 6.07) is 0. The number of hydrogen-bond donors (Lipinski definition) is 0. The van der Waals surface area contributed by atoms with Crippen molar-refractivity contribution in [1.82, 2.24) is 0 Å². The minimum atomic E-state index is -0.0786. The summed E-state index contributed by atoms with van der Waals surface area (Å²) in [5, 5.41) is 0. The smallest absolute Gasteiger partial charge is 0.305 e. The van der Waals surface area contributed by atoms with Gasteiger partial charge in [0.2, 0.25) is 0 Å². The summed E-state index contributed by atoms with van der Waals surface area (Å²) in [4.78, 5) is 23.2. The van der Waals surface area contributed by atoms with Gasteiger partial charge >= 0.3 is 5.97 Å². The Morgan fingerprint density at radius 2 is 2.03 bits per heavy atom. The highest BCUT2D eigenvalue weighted by Crippen LogP contribution is 2.88. The van der Waals surface area contributed by atoms with Crippen molar-refractivity contribution in [2.45, 2.75) is 98.0 Å². The zero-order valence-corrected chi connectivity index (χ0v) is 22.7. The molecule has 1 unspecified atom stereocenters. The summed E-state index contributed by atoms with van der Waals surface area (Å²) < 4.78 is 11.5. The molecule has 4 aliphatic carbocycles. The number of fused-ring (bicyclic) bond motifs is 4. The van der Waals surface area contributed by atoms with Crippen molar-refractivity contribution in [3.63, 3.8) is 0 Å². The van der Waals surface area contributed by atoms with Crippen LogP contribution in [0.1, 0.15) is 91.9 Å². The van der Waals surface area contributed by atoms with Crippen LogP contribution in [0.2, 0.25) is 0 Å². The van der Waals surface area contributed by atoms with Crippen LogP contribution in [0, 0.1) is 45.3 Å². The third kappa shape index (κ3) is 3.41. The van der Waals surface area contributed by atoms with Gasteiger partial charge in [-0.25, -0.2) is 0 Å². The Hall–Kier alpha value is -1.42. The van der Waals surface area contributed by atoms with E-state index in [0.717, 1.165) is 43.5 Å². The van der Waals surface area contributed by atoms with Crippen molar-refractivity contribution in [2.75, 3.05) is 13.7 Å². The summed E-state index contributed by atoms with van der Waals surface area (Å²) >= 11 is 0. The molecular weight excluding hydrogens is 436 g/mol. The molecular formula is C31H46O4. The third-order valence-corrected chi connectivity index (χ3v) is 12.4. The van der Waals surface area contributed by atoms with E-state index < -0.39 is 0 Å². The first-order chi connectivity index (χ1) is 16.6. The van der Waals surface area contributed by atoms with E-state index in [0.29, 0.717) is 47.0 Å². The molecule has 0 bridgehead atoms. The van der Waals surface area contributed by atoms with Gasteiger partial charge in [0.15, 0.2) is 0 Å². The molecule has 5 aliphatic rings. The van der Waals surface area contributed by atoms with Crippen molar-refractivity contribution >= 4 is 12.3 Å². The van der Waals surface area contributed by atoms with Gasteiger partial charge in [0.25, 0.3) is 0 Å². The van der Waals surface area contributed by atoms with Gasteiger partial charge in [-0.3, -0.25) is 9.59 Å². The lowest BCUT2D eigenvalue weighted by Crippen LogP contribution is -2.56. The van der Waals surface area contributed by atoms with E-state index in [1.807, 2.05) is 6.92 Å². The molecule has 35 heavy (non-hydrogen) atoms. The van der Waals surface area contributed by atoms with Crippen molar-refractivity contribution in [3.8, 4) is 0 Å². The number of carbonyl (C=O) groups is 2. The Bertz CT molecular complexity index is 936. The summed E-state index contributed by atoms with van der Waals surface area (Å²) in [7, 11) is 1.51. The predicted octanol–water partition coefficient (Wildman–Crippen LogP) is 6.69. The molecule has 0 aromatic rings. The lowest BCUT2D eigenvalue weighted by atomic mass is 9.43. The average Bonchev–Trinajstić information content (AvgIpc) is 3.22. The van der Waals surface area contributed by atoms with E-state index in [9.17, 15) is 9.59 Å². The second-order valence-electron chi connectivity index (χ2n) is 13.4. The summed E-state index contributed by atoms with van der Waals surface area (Å²) in [6.45, 7) is 14.7. The minimum Gasteiger partial charge on any atom is -0.469 e. The first-order valence-corrected chi connectivity index (χ1v) is 14.1. The highest BCUT2D eigenvalue weighted by atomic mass is 16.5. The third-order valence-electron chi connectivity index (χ3n) is 12.4. The van der Waals surface area contributed by atoms with E-state index in [4.69, 9.17) is 9.47 Å². The molecule has 0 aromatic carbocycles. The van der Waals surface area contributed by atoms with Gasteiger partial charge in [-0.2, -0.15) is 0 Å². The maximum Gasteiger partial charge on any atom is 0.305 e. The molecule has 1 saturated heterocycles. The van der Waals surface area contributed by atoms with E-state index in [1.165, 1.54) is 44.8 Å². The Morgan fingerprint density at radius 3 is 2.74 bits per heavy atom. The maximum atomic E-state index is 12.2. The van der Waals surface area contributed by atoms with Gasteiger partial charge in [-0.1, -0.05) is 33.4 Å². The number of ether oxygens (including phenoxy) is 2. The van der Waals surface area contributed by atoms with Gasteiger partial charge in [0, 0.05) is 12.3 Å². The normalized spacial score (nSPS) is 46.8. The van der Waals surface area contributed by atoms with E-state index in [2.05, 4.69) is 33.4 Å². The molecule has 0 N–H and O–H groups in total. The molecule has 0 radical (unpaired) electrons. The number of carbonyl (C=O) groups excluding carboxylic acids is 2. The second-order valence-corrected chi connectivity index (χ2v) is 13.4. The van der Waals surface area contributed by atoms with Gasteiger partial charge in [0.1, 0.15) is 6.29 Å². The number of rotatable bonds is 8. The van der Waals surface area contributed by atoms with Crippen LogP contribution in [-0.2, 0) is 19.1 Å². The van der Waals surface area contributed by atoms with Crippen molar-refractivity contribution < 1.29 is 19.1 Å². The fourth-order valence-electron chi connectivity index (χ4n) is 10.5. The highest BCUT2D eigenvalue weighted by Gasteiger charge is 2.82. The SMILES string of the molecule is C=C1CO[C@@H]2C[C@@H]3[C@]4(CC[C@]5(C)[C@@H]([C@H](C)CC/C=C(\C)C=O)CC[C@@]35C)C[C@]4(CCC(=O)OC)C12. The number of hydrogen-bond acceptors (Lipinski definition) is 4. The zero-order chi connectivity index (χ0) is 25.2. The van der Waals surface area contributed by atoms with E-state index in [1.54, 1.807) is 0 Å². The Balaban J connectivity index is 1.42. The van der Waals surface area contributed by atoms with Crippen LogP contribution in [0.3, 0.4) is 0 Å². The van der Waals surface area contributed by atoms with Crippen LogP contribution >= 0.6 is 0 Å². The topological polar surface area (TPSA) is 52.6 Å². The molecule has 0 amide bonds. The molecule has 9 atom stereocenters. The molecule has 5 rings (SSSR count). The van der Waals surface area contributed by atoms with Crippen molar-refractivity contribution in [2.24, 2.45) is 45.3 Å². The minimum absolute atomic E-state index is 0.0786. The number of methoxy groups -OCH3 is 1. The van der Waals surface area contributed by atoms with Crippen LogP contribution in [-0.4, -0.2) is 32.1 Å². The van der Waals surface area contributed by atoms with E-state index >= 15 is 0 Å². The van der Waals surface area contributed by atoms with Gasteiger partial charge in [0.05, 0.1) is 19.8 Å². The second kappa shape index (κ2) is 8.57. The first kappa shape index (κ1) is 25.2. The van der Waals surface area contributed by atoms with Crippen LogP contribution in [0.25, 0.3) is 0 Å². The fraction of sp³-hybridized carbons (Fsp3) is 0.806. The fourth-order valence-corrected chi connectivity index (χ4v) is 10.5. The largest absolute Gasteiger partial charge is 0.469 e. The first-order valence-electron chi connectivity index (χ1n) is 14.1. The predicted molar refractivity (Wildman–Crippen MR) is 138 cm³/mol.